The van der Waals surface area contributed by atoms with Gasteiger partial charge in [-0.3, -0.25) is 5.32 Å². The molecule has 1 unspecified atom stereocenters. The van der Waals surface area contributed by atoms with Crippen LogP contribution in [0.3, 0.4) is 0 Å². The van der Waals surface area contributed by atoms with Crippen molar-refractivity contribution < 1.29 is 23.1 Å². The number of rotatable bonds is 4. The summed E-state index contributed by atoms with van der Waals surface area (Å²) in [5.74, 6) is -1.65. The molecule has 1 atom stereocenters. The zero-order valence-corrected chi connectivity index (χ0v) is 9.25. The van der Waals surface area contributed by atoms with E-state index in [1.54, 1.807) is 13.2 Å². The molecule has 17 heavy (non-hydrogen) atoms. The van der Waals surface area contributed by atoms with Gasteiger partial charge in [0.2, 0.25) is 5.54 Å². The Bertz CT molecular complexity index is 416. The van der Waals surface area contributed by atoms with Crippen LogP contribution in [0.15, 0.2) is 12.4 Å². The zero-order chi connectivity index (χ0) is 13.3. The van der Waals surface area contributed by atoms with E-state index in [0.29, 0.717) is 12.7 Å². The Kier molecular flexibility index (Phi) is 3.46. The number of halogens is 3. The van der Waals surface area contributed by atoms with Crippen LogP contribution in [-0.2, 0) is 18.4 Å². The summed E-state index contributed by atoms with van der Waals surface area (Å²) in [7, 11) is 1.61. The summed E-state index contributed by atoms with van der Waals surface area (Å²) in [6.45, 7) is 0.296. The molecular weight excluding hydrogens is 239 g/mol. The minimum absolute atomic E-state index is 0.286. The fourth-order valence-corrected chi connectivity index (χ4v) is 1.12. The summed E-state index contributed by atoms with van der Waals surface area (Å²) in [4.78, 5) is 14.5. The lowest BCUT2D eigenvalue weighted by Crippen LogP contribution is -2.59. The van der Waals surface area contributed by atoms with E-state index in [9.17, 15) is 18.0 Å². The monoisotopic (exact) mass is 251 g/mol. The first-order valence-electron chi connectivity index (χ1n) is 4.70. The molecular formula is C9H12F3N3O2. The SMILES string of the molecule is Cn1ccnc1CNC(C)(C(=O)O)C(F)(F)F. The van der Waals surface area contributed by atoms with E-state index in [4.69, 9.17) is 5.11 Å². The molecule has 0 aliphatic rings. The normalized spacial score (nSPS) is 15.6. The van der Waals surface area contributed by atoms with Crippen LogP contribution in [0.25, 0.3) is 0 Å². The smallest absolute Gasteiger partial charge is 0.417 e. The maximum Gasteiger partial charge on any atom is 0.417 e. The molecule has 0 aliphatic heterocycles. The topological polar surface area (TPSA) is 67.2 Å². The number of alkyl halides is 3. The van der Waals surface area contributed by atoms with Crippen molar-refractivity contribution in [2.75, 3.05) is 0 Å². The molecule has 0 saturated carbocycles. The van der Waals surface area contributed by atoms with Gasteiger partial charge >= 0.3 is 12.1 Å². The minimum Gasteiger partial charge on any atom is -0.480 e. The molecule has 1 aromatic rings. The highest BCUT2D eigenvalue weighted by Crippen LogP contribution is 2.30. The number of nitrogens with one attached hydrogen (secondary N) is 1. The first kappa shape index (κ1) is 13.5. The van der Waals surface area contributed by atoms with Crippen LogP contribution in [0.4, 0.5) is 13.2 Å². The molecule has 0 saturated heterocycles. The van der Waals surface area contributed by atoms with E-state index < -0.39 is 17.7 Å². The molecule has 0 radical (unpaired) electrons. The highest BCUT2D eigenvalue weighted by Gasteiger charge is 2.57. The Morgan fingerprint density at radius 1 is 1.59 bits per heavy atom. The highest BCUT2D eigenvalue weighted by atomic mass is 19.4. The van der Waals surface area contributed by atoms with Crippen LogP contribution < -0.4 is 5.32 Å². The number of hydrogen-bond donors (Lipinski definition) is 2. The Balaban J connectivity index is 2.83. The number of imidazole rings is 1. The van der Waals surface area contributed by atoms with E-state index in [2.05, 4.69) is 4.98 Å². The molecule has 0 amide bonds. The van der Waals surface area contributed by atoms with Crippen LogP contribution in [0.1, 0.15) is 12.7 Å². The van der Waals surface area contributed by atoms with Crippen molar-refractivity contribution in [1.29, 1.82) is 0 Å². The average molecular weight is 251 g/mol. The Morgan fingerprint density at radius 3 is 2.53 bits per heavy atom. The molecule has 0 bridgehead atoms. The number of nitrogens with zero attached hydrogens (tertiary/aromatic N) is 2. The quantitative estimate of drug-likeness (QED) is 0.834. The van der Waals surface area contributed by atoms with Crippen LogP contribution in [0, 0.1) is 0 Å². The molecule has 2 N–H and O–H groups in total. The summed E-state index contributed by atoms with van der Waals surface area (Å²) >= 11 is 0. The van der Waals surface area contributed by atoms with E-state index in [1.165, 1.54) is 10.8 Å². The first-order valence-corrected chi connectivity index (χ1v) is 4.70. The van der Waals surface area contributed by atoms with Crippen molar-refractivity contribution >= 4 is 5.97 Å². The number of aromatic nitrogens is 2. The highest BCUT2D eigenvalue weighted by molar-refractivity contribution is 5.79. The van der Waals surface area contributed by atoms with Gasteiger partial charge < -0.3 is 9.67 Å². The van der Waals surface area contributed by atoms with E-state index in [-0.39, 0.29) is 6.54 Å². The van der Waals surface area contributed by atoms with Crippen molar-refractivity contribution in [3.63, 3.8) is 0 Å². The van der Waals surface area contributed by atoms with Crippen molar-refractivity contribution in [3.05, 3.63) is 18.2 Å². The number of carbonyl (C=O) groups is 1. The summed E-state index contributed by atoms with van der Waals surface area (Å²) in [6.07, 6.45) is -1.91. The Labute approximate surface area is 95.3 Å². The van der Waals surface area contributed by atoms with Crippen molar-refractivity contribution in [2.24, 2.45) is 7.05 Å². The zero-order valence-electron chi connectivity index (χ0n) is 9.25. The average Bonchev–Trinajstić information content (AvgIpc) is 2.58. The molecule has 0 aromatic carbocycles. The van der Waals surface area contributed by atoms with Crippen LogP contribution in [0.2, 0.25) is 0 Å². The lowest BCUT2D eigenvalue weighted by atomic mass is 10.0. The number of hydrogen-bond acceptors (Lipinski definition) is 3. The van der Waals surface area contributed by atoms with Gasteiger partial charge in [-0.1, -0.05) is 0 Å². The van der Waals surface area contributed by atoms with Crippen molar-refractivity contribution in [2.45, 2.75) is 25.2 Å². The third-order valence-corrected chi connectivity index (χ3v) is 2.52. The van der Waals surface area contributed by atoms with Gasteiger partial charge in [0.05, 0.1) is 6.54 Å². The van der Waals surface area contributed by atoms with Crippen molar-refractivity contribution in [1.82, 2.24) is 14.9 Å². The maximum atomic E-state index is 12.6. The lowest BCUT2D eigenvalue weighted by Gasteiger charge is -2.28. The number of carboxylic acid groups (broad SMARTS) is 1. The van der Waals surface area contributed by atoms with E-state index >= 15 is 0 Å². The second-order valence-electron chi connectivity index (χ2n) is 3.74. The van der Waals surface area contributed by atoms with E-state index in [1.807, 2.05) is 5.32 Å². The molecule has 1 aromatic heterocycles. The molecule has 0 aliphatic carbocycles. The van der Waals surface area contributed by atoms with Gasteiger partial charge in [0, 0.05) is 19.4 Å². The predicted molar refractivity (Wildman–Crippen MR) is 52.1 cm³/mol. The third-order valence-electron chi connectivity index (χ3n) is 2.52. The van der Waals surface area contributed by atoms with Gasteiger partial charge in [-0.05, 0) is 6.92 Å². The van der Waals surface area contributed by atoms with Gasteiger partial charge in [-0.25, -0.2) is 9.78 Å². The standard InChI is InChI=1S/C9H12F3N3O2/c1-8(7(16)17,9(10,11)12)14-5-6-13-3-4-15(6)2/h3-4,14H,5H2,1-2H3,(H,16,17). The third kappa shape index (κ3) is 2.57. The second-order valence-corrected chi connectivity index (χ2v) is 3.74. The largest absolute Gasteiger partial charge is 0.480 e. The Hall–Kier alpha value is -1.57. The van der Waals surface area contributed by atoms with Crippen LogP contribution in [0.5, 0.6) is 0 Å². The molecule has 5 nitrogen and oxygen atoms in total. The second kappa shape index (κ2) is 4.36. The van der Waals surface area contributed by atoms with Gasteiger partial charge in [0.25, 0.3) is 0 Å². The maximum absolute atomic E-state index is 12.6. The van der Waals surface area contributed by atoms with Gasteiger partial charge in [0.15, 0.2) is 0 Å². The lowest BCUT2D eigenvalue weighted by molar-refractivity contribution is -0.206. The number of carboxylic acids is 1. The fourth-order valence-electron chi connectivity index (χ4n) is 1.12. The number of aliphatic carboxylic acids is 1. The van der Waals surface area contributed by atoms with Crippen LogP contribution in [-0.4, -0.2) is 32.3 Å². The molecule has 96 valence electrons. The summed E-state index contributed by atoms with van der Waals surface area (Å²) in [6, 6.07) is 0. The van der Waals surface area contributed by atoms with Crippen molar-refractivity contribution in [3.8, 4) is 0 Å². The molecule has 0 spiro atoms. The fraction of sp³-hybridized carbons (Fsp3) is 0.556. The van der Waals surface area contributed by atoms with Gasteiger partial charge in [-0.15, -0.1) is 0 Å². The Morgan fingerprint density at radius 2 is 2.18 bits per heavy atom. The molecule has 1 rings (SSSR count). The van der Waals surface area contributed by atoms with E-state index in [0.717, 1.165) is 0 Å². The summed E-state index contributed by atoms with van der Waals surface area (Å²) in [5, 5.41) is 10.6. The molecule has 8 heteroatoms. The summed E-state index contributed by atoms with van der Waals surface area (Å²) < 4.78 is 39.3. The van der Waals surface area contributed by atoms with Gasteiger partial charge in [0.1, 0.15) is 5.82 Å². The van der Waals surface area contributed by atoms with Gasteiger partial charge in [-0.2, -0.15) is 13.2 Å². The molecule has 1 heterocycles. The predicted octanol–water partition coefficient (Wildman–Crippen LogP) is 0.915. The summed E-state index contributed by atoms with van der Waals surface area (Å²) in [5.41, 5.74) is -2.99. The number of aryl methyl sites for hydroxylation is 1. The first-order chi connectivity index (χ1) is 7.68. The van der Waals surface area contributed by atoms with Crippen LogP contribution >= 0.6 is 0 Å². The minimum atomic E-state index is -4.88. The molecule has 0 fully saturated rings.